The average molecular weight is 352 g/mol. The molecule has 0 radical (unpaired) electrons. The summed E-state index contributed by atoms with van der Waals surface area (Å²) in [6.07, 6.45) is -0.785. The van der Waals surface area contributed by atoms with Gasteiger partial charge in [-0.05, 0) is 25.5 Å². The van der Waals surface area contributed by atoms with Gasteiger partial charge in [-0.2, -0.15) is 13.2 Å². The van der Waals surface area contributed by atoms with E-state index in [0.717, 1.165) is 12.5 Å². The molecule has 1 unspecified atom stereocenters. The first-order chi connectivity index (χ1) is 11.8. The van der Waals surface area contributed by atoms with Crippen LogP contribution < -0.4 is 4.90 Å². The molecule has 0 amide bonds. The average Bonchev–Trinajstić information content (AvgIpc) is 2.61. The Hall–Kier alpha value is -2.22. The van der Waals surface area contributed by atoms with Gasteiger partial charge in [0.1, 0.15) is 5.82 Å². The van der Waals surface area contributed by atoms with Crippen LogP contribution in [-0.4, -0.2) is 40.2 Å². The van der Waals surface area contributed by atoms with E-state index in [1.165, 1.54) is 6.20 Å². The highest BCUT2D eigenvalue weighted by molar-refractivity contribution is 5.57. The molecule has 0 aliphatic carbocycles. The highest BCUT2D eigenvalue weighted by Gasteiger charge is 2.36. The number of morpholine rings is 1. The van der Waals surface area contributed by atoms with Gasteiger partial charge in [0.2, 0.25) is 0 Å². The molecule has 0 bridgehead atoms. The van der Waals surface area contributed by atoms with Crippen molar-refractivity contribution < 1.29 is 17.9 Å². The van der Waals surface area contributed by atoms with Crippen molar-refractivity contribution in [2.45, 2.75) is 32.0 Å². The van der Waals surface area contributed by atoms with Crippen LogP contribution in [0.15, 0.2) is 30.6 Å². The van der Waals surface area contributed by atoms with Crippen molar-refractivity contribution in [1.29, 1.82) is 0 Å². The zero-order chi connectivity index (χ0) is 18.1. The van der Waals surface area contributed by atoms with Gasteiger partial charge in [-0.25, -0.2) is 9.97 Å². The van der Waals surface area contributed by atoms with Crippen LogP contribution in [0, 0.1) is 0 Å². The summed E-state index contributed by atoms with van der Waals surface area (Å²) >= 11 is 0. The summed E-state index contributed by atoms with van der Waals surface area (Å²) in [5.41, 5.74) is -0.918. The lowest BCUT2D eigenvalue weighted by Gasteiger charge is -2.40. The highest BCUT2D eigenvalue weighted by Crippen LogP contribution is 2.33. The molecule has 8 heteroatoms. The van der Waals surface area contributed by atoms with Crippen molar-refractivity contribution in [3.8, 4) is 11.4 Å². The second kappa shape index (κ2) is 6.59. The largest absolute Gasteiger partial charge is 0.433 e. The number of pyridine rings is 1. The molecular weight excluding hydrogens is 333 g/mol. The Kier molecular flexibility index (Phi) is 4.64. The summed E-state index contributed by atoms with van der Waals surface area (Å²) in [6.45, 7) is 5.34. The minimum atomic E-state index is -4.55. The van der Waals surface area contributed by atoms with Crippen LogP contribution >= 0.6 is 0 Å². The third-order valence-corrected chi connectivity index (χ3v) is 4.33. The fourth-order valence-corrected chi connectivity index (χ4v) is 2.71. The number of hydrogen-bond acceptors (Lipinski definition) is 5. The van der Waals surface area contributed by atoms with E-state index < -0.39 is 17.5 Å². The Morgan fingerprint density at radius 3 is 2.76 bits per heavy atom. The Morgan fingerprint density at radius 1 is 1.32 bits per heavy atom. The summed E-state index contributed by atoms with van der Waals surface area (Å²) < 4.78 is 45.7. The lowest BCUT2D eigenvalue weighted by Crippen LogP contribution is -2.50. The first-order valence-electron chi connectivity index (χ1n) is 8.06. The minimum Gasteiger partial charge on any atom is -0.372 e. The molecule has 3 rings (SSSR count). The topological polar surface area (TPSA) is 51.1 Å². The summed E-state index contributed by atoms with van der Waals surface area (Å²) in [4.78, 5) is 13.8. The smallest absolute Gasteiger partial charge is 0.372 e. The van der Waals surface area contributed by atoms with E-state index in [9.17, 15) is 13.2 Å². The van der Waals surface area contributed by atoms with Crippen LogP contribution in [0.5, 0.6) is 0 Å². The number of rotatable bonds is 3. The van der Waals surface area contributed by atoms with Crippen LogP contribution in [0.3, 0.4) is 0 Å². The first-order valence-corrected chi connectivity index (χ1v) is 8.06. The normalized spacial score (nSPS) is 21.4. The second-order valence-electron chi connectivity index (χ2n) is 6.25. The summed E-state index contributed by atoms with van der Waals surface area (Å²) in [5, 5.41) is 0. The molecule has 1 aliphatic rings. The summed E-state index contributed by atoms with van der Waals surface area (Å²) in [7, 11) is 0. The SMILES string of the molecule is CCC1(C)CN(c2cc(C(F)(F)F)nc(-c3cccnc3)n2)CCO1. The molecule has 1 atom stereocenters. The fraction of sp³-hybridized carbons (Fsp3) is 0.471. The van der Waals surface area contributed by atoms with Crippen LogP contribution in [0.25, 0.3) is 11.4 Å². The first kappa shape index (κ1) is 17.6. The zero-order valence-corrected chi connectivity index (χ0v) is 14.0. The van der Waals surface area contributed by atoms with Gasteiger partial charge < -0.3 is 9.64 Å². The predicted molar refractivity (Wildman–Crippen MR) is 87.1 cm³/mol. The van der Waals surface area contributed by atoms with Gasteiger partial charge in [-0.3, -0.25) is 4.98 Å². The maximum absolute atomic E-state index is 13.3. The van der Waals surface area contributed by atoms with E-state index >= 15 is 0 Å². The van der Waals surface area contributed by atoms with Crippen molar-refractivity contribution in [2.75, 3.05) is 24.6 Å². The van der Waals surface area contributed by atoms with E-state index in [1.54, 1.807) is 18.3 Å². The molecule has 25 heavy (non-hydrogen) atoms. The lowest BCUT2D eigenvalue weighted by molar-refractivity contribution is -0.141. The second-order valence-corrected chi connectivity index (χ2v) is 6.25. The fourth-order valence-electron chi connectivity index (χ4n) is 2.71. The van der Waals surface area contributed by atoms with Crippen molar-refractivity contribution >= 4 is 5.82 Å². The molecule has 0 saturated carbocycles. The van der Waals surface area contributed by atoms with Crippen molar-refractivity contribution in [2.24, 2.45) is 0 Å². The van der Waals surface area contributed by atoms with Gasteiger partial charge in [-0.15, -0.1) is 0 Å². The predicted octanol–water partition coefficient (Wildman–Crippen LogP) is 3.56. The number of halogens is 3. The summed E-state index contributed by atoms with van der Waals surface area (Å²) in [5.74, 6) is 0.270. The summed E-state index contributed by atoms with van der Waals surface area (Å²) in [6, 6.07) is 4.28. The van der Waals surface area contributed by atoms with Crippen LogP contribution in [0.1, 0.15) is 26.0 Å². The Morgan fingerprint density at radius 2 is 2.12 bits per heavy atom. The molecule has 5 nitrogen and oxygen atoms in total. The van der Waals surface area contributed by atoms with Gasteiger partial charge in [0, 0.05) is 37.1 Å². The highest BCUT2D eigenvalue weighted by atomic mass is 19.4. The minimum absolute atomic E-state index is 0.0163. The monoisotopic (exact) mass is 352 g/mol. The van der Waals surface area contributed by atoms with E-state index in [2.05, 4.69) is 15.0 Å². The molecular formula is C17H19F3N4O. The molecule has 2 aromatic rings. The zero-order valence-electron chi connectivity index (χ0n) is 14.0. The molecule has 134 valence electrons. The quantitative estimate of drug-likeness (QED) is 0.845. The van der Waals surface area contributed by atoms with E-state index in [1.807, 2.05) is 18.7 Å². The van der Waals surface area contributed by atoms with Crippen molar-refractivity contribution in [1.82, 2.24) is 15.0 Å². The maximum atomic E-state index is 13.3. The Balaban J connectivity index is 2.04. The molecule has 1 fully saturated rings. The Labute approximate surface area is 143 Å². The van der Waals surface area contributed by atoms with E-state index in [-0.39, 0.29) is 11.6 Å². The van der Waals surface area contributed by atoms with Gasteiger partial charge in [0.05, 0.1) is 12.2 Å². The number of hydrogen-bond donors (Lipinski definition) is 0. The van der Waals surface area contributed by atoms with Crippen molar-refractivity contribution in [3.63, 3.8) is 0 Å². The van der Waals surface area contributed by atoms with Gasteiger partial charge in [0.25, 0.3) is 0 Å². The van der Waals surface area contributed by atoms with Crippen LogP contribution in [-0.2, 0) is 10.9 Å². The molecule has 1 aliphatic heterocycles. The van der Waals surface area contributed by atoms with E-state index in [0.29, 0.717) is 25.3 Å². The lowest BCUT2D eigenvalue weighted by atomic mass is 10.0. The number of anilines is 1. The van der Waals surface area contributed by atoms with E-state index in [4.69, 9.17) is 4.74 Å². The maximum Gasteiger partial charge on any atom is 0.433 e. The molecule has 0 aromatic carbocycles. The number of nitrogens with zero attached hydrogens (tertiary/aromatic N) is 4. The standard InChI is InChI=1S/C17H19F3N4O/c1-3-16(2)11-24(7-8-25-16)14-9-13(17(18,19)20)22-15(23-14)12-5-4-6-21-10-12/h4-6,9-10H,3,7-8,11H2,1-2H3. The molecule has 1 saturated heterocycles. The third-order valence-electron chi connectivity index (χ3n) is 4.33. The Bertz CT molecular complexity index is 738. The molecule has 3 heterocycles. The van der Waals surface area contributed by atoms with Crippen LogP contribution in [0.2, 0.25) is 0 Å². The van der Waals surface area contributed by atoms with Gasteiger partial charge in [0.15, 0.2) is 11.5 Å². The van der Waals surface area contributed by atoms with Crippen LogP contribution in [0.4, 0.5) is 19.0 Å². The third kappa shape index (κ3) is 3.89. The molecule has 0 N–H and O–H groups in total. The molecule has 0 spiro atoms. The number of aromatic nitrogens is 3. The van der Waals surface area contributed by atoms with Gasteiger partial charge >= 0.3 is 6.18 Å². The molecule has 2 aromatic heterocycles. The number of alkyl halides is 3. The number of ether oxygens (including phenoxy) is 1. The van der Waals surface area contributed by atoms with Gasteiger partial charge in [-0.1, -0.05) is 6.92 Å². The van der Waals surface area contributed by atoms with Crippen molar-refractivity contribution in [3.05, 3.63) is 36.3 Å².